The number of rotatable bonds is 8. The van der Waals surface area contributed by atoms with Crippen LogP contribution in [0.1, 0.15) is 35.3 Å². The van der Waals surface area contributed by atoms with Gasteiger partial charge in [-0.3, -0.25) is 9.69 Å². The fraction of sp³-hybridized carbons (Fsp3) is 0.207. The van der Waals surface area contributed by atoms with E-state index in [0.29, 0.717) is 12.1 Å². The number of carbonyl (C=O) groups is 1. The monoisotopic (exact) mass is 422 g/mol. The smallest absolute Gasteiger partial charge is 0.251 e. The largest absolute Gasteiger partial charge is 0.348 e. The summed E-state index contributed by atoms with van der Waals surface area (Å²) in [6, 6.07) is 30.9. The summed E-state index contributed by atoms with van der Waals surface area (Å²) in [6.07, 6.45) is 0. The van der Waals surface area contributed by atoms with Crippen molar-refractivity contribution in [3.8, 4) is 11.1 Å². The second kappa shape index (κ2) is 10.3. The lowest BCUT2D eigenvalue weighted by Crippen LogP contribution is -2.23. The normalized spacial score (nSPS) is 11.1. The molecule has 0 radical (unpaired) electrons. The Morgan fingerprint density at radius 1 is 0.781 bits per heavy atom. The molecule has 0 aliphatic heterocycles. The molecule has 0 fully saturated rings. The second-order valence-corrected chi connectivity index (χ2v) is 8.06. The molecule has 3 nitrogen and oxygen atoms in total. The molecule has 162 valence electrons. The zero-order chi connectivity index (χ0) is 22.3. The van der Waals surface area contributed by atoms with Gasteiger partial charge in [0.05, 0.1) is 0 Å². The van der Waals surface area contributed by atoms with E-state index >= 15 is 0 Å². The molecule has 32 heavy (non-hydrogen) atoms. The van der Waals surface area contributed by atoms with E-state index in [-0.39, 0.29) is 5.91 Å². The molecule has 0 saturated heterocycles. The fourth-order valence-corrected chi connectivity index (χ4v) is 4.08. The zero-order valence-corrected chi connectivity index (χ0v) is 18.8. The Balaban J connectivity index is 1.45. The van der Waals surface area contributed by atoms with Crippen LogP contribution in [0.2, 0.25) is 0 Å². The van der Waals surface area contributed by atoms with Crippen molar-refractivity contribution in [2.45, 2.75) is 26.9 Å². The number of carbonyl (C=O) groups excluding carboxylic acids is 1. The molecule has 0 aliphatic rings. The van der Waals surface area contributed by atoms with Gasteiger partial charge >= 0.3 is 0 Å². The van der Waals surface area contributed by atoms with Gasteiger partial charge in [-0.15, -0.1) is 0 Å². The second-order valence-electron chi connectivity index (χ2n) is 8.06. The molecule has 4 aromatic carbocycles. The van der Waals surface area contributed by atoms with Crippen LogP contribution in [-0.2, 0) is 13.1 Å². The molecule has 0 aliphatic carbocycles. The molecule has 0 saturated carbocycles. The van der Waals surface area contributed by atoms with E-state index < -0.39 is 0 Å². The van der Waals surface area contributed by atoms with Crippen molar-refractivity contribution in [1.29, 1.82) is 0 Å². The minimum Gasteiger partial charge on any atom is -0.348 e. The number of hydrogen-bond donors (Lipinski definition) is 1. The van der Waals surface area contributed by atoms with E-state index in [4.69, 9.17) is 0 Å². The van der Waals surface area contributed by atoms with E-state index in [1.54, 1.807) is 0 Å². The lowest BCUT2D eigenvalue weighted by atomic mass is 10.0. The van der Waals surface area contributed by atoms with Crippen LogP contribution in [-0.4, -0.2) is 23.9 Å². The summed E-state index contributed by atoms with van der Waals surface area (Å²) in [5.74, 6) is -0.0558. The summed E-state index contributed by atoms with van der Waals surface area (Å²) in [7, 11) is 0. The average molecular weight is 423 g/mol. The number of nitrogens with zero attached hydrogens (tertiary/aromatic N) is 1. The van der Waals surface area contributed by atoms with Crippen molar-refractivity contribution in [3.05, 3.63) is 108 Å². The quantitative estimate of drug-likeness (QED) is 0.362. The van der Waals surface area contributed by atoms with Crippen molar-refractivity contribution in [2.24, 2.45) is 0 Å². The van der Waals surface area contributed by atoms with Crippen molar-refractivity contribution >= 4 is 16.7 Å². The molecule has 0 heterocycles. The molecular formula is C29H30N2O. The first kappa shape index (κ1) is 21.8. The summed E-state index contributed by atoms with van der Waals surface area (Å²) >= 11 is 0. The Hall–Kier alpha value is -3.43. The van der Waals surface area contributed by atoms with Crippen LogP contribution in [0, 0.1) is 0 Å². The van der Waals surface area contributed by atoms with Gasteiger partial charge < -0.3 is 5.32 Å². The van der Waals surface area contributed by atoms with Crippen LogP contribution in [0.4, 0.5) is 0 Å². The molecule has 4 rings (SSSR count). The van der Waals surface area contributed by atoms with Gasteiger partial charge in [-0.2, -0.15) is 0 Å². The maximum atomic E-state index is 12.7. The van der Waals surface area contributed by atoms with Gasteiger partial charge in [0, 0.05) is 18.7 Å². The van der Waals surface area contributed by atoms with Gasteiger partial charge in [-0.05, 0) is 64.3 Å². The minimum atomic E-state index is -0.0558. The topological polar surface area (TPSA) is 32.3 Å². The van der Waals surface area contributed by atoms with Crippen molar-refractivity contribution in [2.75, 3.05) is 13.1 Å². The van der Waals surface area contributed by atoms with Crippen molar-refractivity contribution < 1.29 is 4.79 Å². The molecular weight excluding hydrogens is 392 g/mol. The molecule has 0 bridgehead atoms. The highest BCUT2D eigenvalue weighted by Crippen LogP contribution is 2.22. The molecule has 3 heteroatoms. The molecule has 0 atom stereocenters. The Morgan fingerprint density at radius 3 is 2.22 bits per heavy atom. The first-order valence-corrected chi connectivity index (χ1v) is 11.3. The van der Waals surface area contributed by atoms with Crippen LogP contribution < -0.4 is 5.32 Å². The first-order valence-electron chi connectivity index (χ1n) is 11.3. The highest BCUT2D eigenvalue weighted by Gasteiger charge is 2.09. The van der Waals surface area contributed by atoms with Crippen molar-refractivity contribution in [3.63, 3.8) is 0 Å². The molecule has 1 N–H and O–H groups in total. The van der Waals surface area contributed by atoms with E-state index in [2.05, 4.69) is 72.6 Å². The predicted octanol–water partition coefficient (Wildman–Crippen LogP) is 6.28. The Kier molecular flexibility index (Phi) is 6.98. The van der Waals surface area contributed by atoms with E-state index in [0.717, 1.165) is 36.3 Å². The molecule has 0 aromatic heterocycles. The maximum Gasteiger partial charge on any atom is 0.251 e. The Bertz CT molecular complexity index is 1180. The predicted molar refractivity (Wildman–Crippen MR) is 134 cm³/mol. The van der Waals surface area contributed by atoms with Gasteiger partial charge in [0.15, 0.2) is 0 Å². The summed E-state index contributed by atoms with van der Waals surface area (Å²) in [4.78, 5) is 15.1. The summed E-state index contributed by atoms with van der Waals surface area (Å²) in [6.45, 7) is 7.95. The van der Waals surface area contributed by atoms with Crippen molar-refractivity contribution in [1.82, 2.24) is 10.2 Å². The average Bonchev–Trinajstić information content (AvgIpc) is 2.86. The first-order chi connectivity index (χ1) is 15.7. The lowest BCUT2D eigenvalue weighted by molar-refractivity contribution is 0.0951. The van der Waals surface area contributed by atoms with E-state index in [1.165, 1.54) is 16.3 Å². The number of fused-ring (bicyclic) bond motifs is 1. The van der Waals surface area contributed by atoms with Gasteiger partial charge in [0.25, 0.3) is 5.91 Å². The summed E-state index contributed by atoms with van der Waals surface area (Å²) in [5, 5.41) is 5.49. The number of amides is 1. The zero-order valence-electron chi connectivity index (χ0n) is 18.8. The minimum absolute atomic E-state index is 0.0558. The SMILES string of the molecule is CCN(CC)Cc1ccc2c(CNC(=O)c3ccc(-c4ccccc4)cc3)cccc2c1. The van der Waals surface area contributed by atoms with Gasteiger partial charge in [0.2, 0.25) is 0 Å². The number of hydrogen-bond acceptors (Lipinski definition) is 2. The van der Waals surface area contributed by atoms with Gasteiger partial charge in [-0.25, -0.2) is 0 Å². The molecule has 1 amide bonds. The van der Waals surface area contributed by atoms with Gasteiger partial charge in [-0.1, -0.05) is 86.6 Å². The van der Waals surface area contributed by atoms with Crippen LogP contribution in [0.5, 0.6) is 0 Å². The third kappa shape index (κ3) is 5.06. The highest BCUT2D eigenvalue weighted by molar-refractivity contribution is 5.95. The molecule has 0 spiro atoms. The number of benzene rings is 4. The molecule has 0 unspecified atom stereocenters. The maximum absolute atomic E-state index is 12.7. The summed E-state index contributed by atoms with van der Waals surface area (Å²) < 4.78 is 0. The van der Waals surface area contributed by atoms with Crippen LogP contribution in [0.3, 0.4) is 0 Å². The van der Waals surface area contributed by atoms with Crippen LogP contribution in [0.15, 0.2) is 91.0 Å². The van der Waals surface area contributed by atoms with Crippen LogP contribution in [0.25, 0.3) is 21.9 Å². The fourth-order valence-electron chi connectivity index (χ4n) is 4.08. The van der Waals surface area contributed by atoms with E-state index in [9.17, 15) is 4.79 Å². The summed E-state index contributed by atoms with van der Waals surface area (Å²) in [5.41, 5.74) is 5.38. The Labute approximate surface area is 190 Å². The third-order valence-electron chi connectivity index (χ3n) is 6.03. The standard InChI is InChI=1S/C29H30N2O/c1-3-31(4-2)21-22-13-18-28-26(19-22)11-8-12-27(28)20-30-29(32)25-16-14-24(15-17-25)23-9-6-5-7-10-23/h5-19H,3-4,20-21H2,1-2H3,(H,30,32). The van der Waals surface area contributed by atoms with Crippen LogP contribution >= 0.6 is 0 Å². The highest BCUT2D eigenvalue weighted by atomic mass is 16.1. The van der Waals surface area contributed by atoms with Gasteiger partial charge in [0.1, 0.15) is 0 Å². The number of nitrogens with one attached hydrogen (secondary N) is 1. The Morgan fingerprint density at radius 2 is 1.50 bits per heavy atom. The van der Waals surface area contributed by atoms with E-state index in [1.807, 2.05) is 42.5 Å². The lowest BCUT2D eigenvalue weighted by Gasteiger charge is -2.18. The third-order valence-corrected chi connectivity index (χ3v) is 6.03. The molecule has 4 aromatic rings.